The van der Waals surface area contributed by atoms with Crippen LogP contribution in [0.15, 0.2) is 156 Å². The van der Waals surface area contributed by atoms with Gasteiger partial charge < -0.3 is 56.3 Å². The van der Waals surface area contributed by atoms with Crippen LogP contribution >= 0.6 is 11.6 Å². The zero-order valence-electron chi connectivity index (χ0n) is 44.4. The van der Waals surface area contributed by atoms with Crippen LogP contribution in [0.2, 0.25) is 5.02 Å². The van der Waals surface area contributed by atoms with E-state index in [0.717, 1.165) is 65.3 Å². The number of azo groups is 4. The summed E-state index contributed by atoms with van der Waals surface area (Å²) in [5, 5.41) is 65.1. The first kappa shape index (κ1) is 81.3. The van der Waals surface area contributed by atoms with Crippen molar-refractivity contribution in [2.45, 2.75) is 24.5 Å². The second-order valence-electron chi connectivity index (χ2n) is 15.3. The third-order valence-electron chi connectivity index (χ3n) is 10.3. The van der Waals surface area contributed by atoms with Crippen molar-refractivity contribution >= 4 is 141 Å². The van der Waals surface area contributed by atoms with Crippen LogP contribution in [0.25, 0.3) is 27.2 Å². The first-order valence-electron chi connectivity index (χ1n) is 20.2. The Morgan fingerprint density at radius 3 is 1.74 bits per heavy atom. The predicted octanol–water partition coefficient (Wildman–Crippen LogP) is -13.3. The number of halogens is 1. The number of nitro groups is 1. The van der Waals surface area contributed by atoms with Crippen molar-refractivity contribution < 1.29 is 287 Å². The minimum Gasteiger partial charge on any atom is -0.745 e. The van der Waals surface area contributed by atoms with Crippen LogP contribution in [0, 0.1) is 28.6 Å². The molecule has 5 N–H and O–H groups in total. The summed E-state index contributed by atoms with van der Waals surface area (Å²) < 4.78 is 180. The Balaban J connectivity index is 0.00000516. The summed E-state index contributed by atoms with van der Waals surface area (Å²) in [5.41, 5.74) is 0.318. The maximum absolute atomic E-state index is 12.6. The number of nitrogens with zero attached hydrogens (tertiary/aromatic N) is 11. The van der Waals surface area contributed by atoms with Crippen molar-refractivity contribution in [2.75, 3.05) is 5.73 Å². The summed E-state index contributed by atoms with van der Waals surface area (Å²) in [6.45, 7) is 0. The molecule has 1 aromatic heterocycles. The molecule has 0 saturated heterocycles. The molecule has 0 fully saturated rings. The molecule has 7 aromatic carbocycles. The monoisotopic (exact) mass is 1340 g/mol. The molecule has 44 heteroatoms. The van der Waals surface area contributed by atoms with E-state index in [-0.39, 0.29) is 235 Å². The summed E-state index contributed by atoms with van der Waals surface area (Å²) >= 11 is 6.30. The fraction of sp³-hybridized carbons (Fsp3) is 0. The number of hydrogen-bond donors (Lipinski definition) is 4. The number of benzene rings is 7. The Labute approximate surface area is 639 Å². The van der Waals surface area contributed by atoms with Gasteiger partial charge >= 0.3 is 207 Å². The maximum atomic E-state index is 12.6. The number of aromatic hydroxyl groups is 2. The summed E-state index contributed by atoms with van der Waals surface area (Å²) in [6, 6.07) is 15.7. The van der Waals surface area contributed by atoms with Gasteiger partial charge in [-0.15, -0.1) is 15.6 Å². The number of fused-ring (bicyclic) bond motifs is 2. The van der Waals surface area contributed by atoms with Crippen LogP contribution in [-0.2, 0) is 50.6 Å². The van der Waals surface area contributed by atoms with Gasteiger partial charge in [0.2, 0.25) is 0 Å². The van der Waals surface area contributed by atoms with Crippen LogP contribution in [0.1, 0.15) is 0 Å². The molecule has 8 aromatic rings. The number of aromatic nitrogens is 2. The van der Waals surface area contributed by atoms with Crippen molar-refractivity contribution in [1.82, 2.24) is 9.78 Å². The maximum Gasteiger partial charge on any atom is 1.00 e. The van der Waals surface area contributed by atoms with E-state index in [4.69, 9.17) is 17.3 Å². The van der Waals surface area contributed by atoms with Crippen molar-refractivity contribution in [3.63, 3.8) is 0 Å². The minimum absolute atomic E-state index is 0. The molecule has 0 aliphatic heterocycles. The molecule has 0 unspecified atom stereocenters. The van der Waals surface area contributed by atoms with Gasteiger partial charge in [-0.1, -0.05) is 17.0 Å². The van der Waals surface area contributed by atoms with Gasteiger partial charge in [0, 0.05) is 45.2 Å². The van der Waals surface area contributed by atoms with E-state index in [1.807, 2.05) is 0 Å². The summed E-state index contributed by atoms with van der Waals surface area (Å²) in [4.78, 5) is 5.18. The van der Waals surface area contributed by atoms with Crippen molar-refractivity contribution in [3.05, 3.63) is 125 Å². The normalized spacial score (nSPS) is 12.0. The van der Waals surface area contributed by atoms with Crippen molar-refractivity contribution in [3.8, 4) is 17.2 Å². The Kier molecular flexibility index (Phi) is 30.7. The van der Waals surface area contributed by atoms with E-state index < -0.39 is 153 Å². The van der Waals surface area contributed by atoms with Crippen molar-refractivity contribution in [2.24, 2.45) is 40.9 Å². The van der Waals surface area contributed by atoms with E-state index in [1.165, 1.54) is 12.1 Å². The van der Waals surface area contributed by atoms with E-state index >= 15 is 0 Å². The van der Waals surface area contributed by atoms with Gasteiger partial charge in [0.25, 0.3) is 15.8 Å². The first-order chi connectivity index (χ1) is 36.3. The largest absolute Gasteiger partial charge is 1.00 e. The predicted molar refractivity (Wildman–Crippen MR) is 259 cm³/mol. The van der Waals surface area contributed by atoms with Crippen molar-refractivity contribution in [1.29, 1.82) is 0 Å². The molecule has 8 rings (SSSR count). The van der Waals surface area contributed by atoms with Crippen LogP contribution in [-0.4, -0.2) is 89.8 Å². The molecule has 0 spiro atoms. The number of hydrogen-bond acceptors (Lipinski definition) is 28. The topological polar surface area (TPSA) is 509 Å². The van der Waals surface area contributed by atoms with Gasteiger partial charge in [0.15, 0.2) is 5.75 Å². The van der Waals surface area contributed by atoms with Crippen LogP contribution in [0.4, 0.5) is 56.9 Å². The second kappa shape index (κ2) is 32.0. The van der Waals surface area contributed by atoms with Crippen LogP contribution < -0.4 is 213 Å². The quantitative estimate of drug-likeness (QED) is 0.0141. The summed E-state index contributed by atoms with van der Waals surface area (Å²) in [5.74, 6) is -2.03. The average molecular weight is 1340 g/mol. The Morgan fingerprint density at radius 2 is 1.16 bits per heavy atom. The summed E-state index contributed by atoms with van der Waals surface area (Å²) in [6.07, 6.45) is 4.93. The molecule has 31 nitrogen and oxygen atoms in total. The minimum atomic E-state index is -5.58. The molecular weight excluding hydrogens is 1320 g/mol. The fourth-order valence-electron chi connectivity index (χ4n) is 6.86. The Hall–Kier alpha value is -1.69. The zero-order valence-corrected chi connectivity index (χ0v) is 63.3. The van der Waals surface area contributed by atoms with Gasteiger partial charge in [-0.3, -0.25) is 14.7 Å². The molecule has 85 heavy (non-hydrogen) atoms. The molecule has 0 radical (unpaired) electrons. The van der Waals surface area contributed by atoms with Crippen LogP contribution in [0.3, 0.4) is 0 Å². The van der Waals surface area contributed by atoms with E-state index in [2.05, 4.69) is 64.5 Å². The van der Waals surface area contributed by atoms with Crippen LogP contribution in [0.5, 0.6) is 11.5 Å². The molecular formula is C41H20ClN12Na7O19S5. The number of nitro benzene ring substituents is 1. The Morgan fingerprint density at radius 1 is 0.576 bits per heavy atom. The van der Waals surface area contributed by atoms with E-state index in [0.29, 0.717) is 18.2 Å². The standard InChI is InChI=1S/C41H24ClN12O19S5.7Na/c42-28-13-21(14-35(78(71,72)73)38(28)51-47-22-17-44-53(18-22)23-2-5-25(6-3-23)74(59,60)61)46-52-39-34(77(68,69)70)12-19-11-20(1-7-26(19)40(39)55)45-50-31-16-32(75(62,63)64)27-8-10-30(41(56)36(27)37(31)43)49-48-29-9-4-24(54(57)58)15-33(29)76(65,66)67;;;;;;;/h1-9,11-16,55-56H,43H2,(H,59,60,61)(H,62,63,64)(H,65,66,67)(H,68,69,70)(H,71,72,73);;;;;;;/q-3;7*+1/p-4. The molecule has 0 atom stereocenters. The van der Waals surface area contributed by atoms with Gasteiger partial charge in [-0.05, 0) is 78.2 Å². The van der Waals surface area contributed by atoms with Gasteiger partial charge in [-0.25, -0.2) is 44.5 Å². The number of rotatable bonds is 15. The third-order valence-corrected chi connectivity index (χ3v) is 14.9. The molecule has 0 aliphatic rings. The third kappa shape index (κ3) is 19.2. The fourth-order valence-corrected chi connectivity index (χ4v) is 10.3. The van der Waals surface area contributed by atoms with Gasteiger partial charge in [0.05, 0.1) is 36.0 Å². The number of non-ortho nitro benzene ring substituents is 1. The van der Waals surface area contributed by atoms with Gasteiger partial charge in [-0.2, -0.15) is 46.1 Å². The molecule has 402 valence electrons. The first-order valence-corrected chi connectivity index (χ1v) is 27.6. The smallest absolute Gasteiger partial charge is 0.745 e. The number of anilines is 1. The SMILES string of the molecule is Nc1c(N=Nc2ccc3c(O)c(N=Nc4cc(Cl)c(N=Nc5[c-]nn(-c6ccc(S(=O)(=O)[O-])cc6)[c-]5)c(S(=O)(=O)O)c4)c(S(=O)(=O)[O-])cc3c2)cc(S(=O)(=O)[O-])c2c[c-]c(N=Nc3ccc([N+](=O)[O-])cc3S(=O)(=O)[O-])c(O)c12.[Na+].[Na+].[Na+].[Na+].[Na+].[Na+].[Na+]. The number of nitrogen functional groups attached to an aromatic ring is 1. The van der Waals surface area contributed by atoms with Gasteiger partial charge in [0.1, 0.15) is 68.1 Å². The summed E-state index contributed by atoms with van der Waals surface area (Å²) in [7, 11) is -26.4. The number of phenolic OH excluding ortho intramolecular Hbond substituents is 2. The number of phenols is 2. The molecule has 1 heterocycles. The zero-order chi connectivity index (χ0) is 57.0. The van der Waals surface area contributed by atoms with E-state index in [9.17, 15) is 85.2 Å². The number of nitrogens with two attached hydrogens (primary N) is 1. The second-order valence-corrected chi connectivity index (χ2v) is 22.5. The molecule has 0 saturated carbocycles. The molecule has 0 aliphatic carbocycles. The van der Waals surface area contributed by atoms with E-state index in [1.54, 1.807) is 0 Å². The Bertz CT molecular complexity index is 4650. The molecule has 0 bridgehead atoms. The molecule has 0 amide bonds. The average Bonchev–Trinajstić information content (AvgIpc) is 2.46.